The molecule has 2 N–H and O–H groups in total. The van der Waals surface area contributed by atoms with E-state index in [0.717, 1.165) is 16.8 Å². The van der Waals surface area contributed by atoms with Crippen molar-refractivity contribution < 1.29 is 9.59 Å². The molecule has 0 atom stereocenters. The van der Waals surface area contributed by atoms with Gasteiger partial charge in [-0.1, -0.05) is 48.0 Å². The summed E-state index contributed by atoms with van der Waals surface area (Å²) in [5.41, 5.74) is 2.94. The normalized spacial score (nSPS) is 10.5. The predicted molar refractivity (Wildman–Crippen MR) is 95.6 cm³/mol. The number of nitrogens with one attached hydrogen (secondary N) is 2. The zero-order chi connectivity index (χ0) is 17.4. The molecule has 0 aliphatic rings. The van der Waals surface area contributed by atoms with Crippen LogP contribution in [0.3, 0.4) is 0 Å². The second-order valence-corrected chi connectivity index (χ2v) is 5.85. The van der Waals surface area contributed by atoms with Crippen molar-refractivity contribution in [3.05, 3.63) is 65.7 Å². The van der Waals surface area contributed by atoms with E-state index < -0.39 is 0 Å². The number of anilines is 1. The molecule has 2 aromatic rings. The molecule has 0 spiro atoms. The summed E-state index contributed by atoms with van der Waals surface area (Å²) >= 11 is 0. The molecule has 0 saturated heterocycles. The Morgan fingerprint density at radius 2 is 1.54 bits per heavy atom. The summed E-state index contributed by atoms with van der Waals surface area (Å²) in [6, 6.07) is 17.3. The zero-order valence-corrected chi connectivity index (χ0v) is 14.1. The van der Waals surface area contributed by atoms with Gasteiger partial charge in [-0.2, -0.15) is 0 Å². The van der Waals surface area contributed by atoms with Crippen LogP contribution >= 0.6 is 0 Å². The highest BCUT2D eigenvalue weighted by atomic mass is 16.2. The first kappa shape index (κ1) is 17.7. The first-order valence-electron chi connectivity index (χ1n) is 7.88. The molecule has 0 saturated carbocycles. The van der Waals surface area contributed by atoms with Gasteiger partial charge in [-0.3, -0.25) is 14.5 Å². The van der Waals surface area contributed by atoms with Gasteiger partial charge in [0.1, 0.15) is 0 Å². The van der Waals surface area contributed by atoms with E-state index in [2.05, 4.69) is 10.6 Å². The molecule has 2 aromatic carbocycles. The highest BCUT2D eigenvalue weighted by molar-refractivity contribution is 5.92. The summed E-state index contributed by atoms with van der Waals surface area (Å²) in [5, 5.41) is 5.67. The van der Waals surface area contributed by atoms with Crippen molar-refractivity contribution in [2.45, 2.75) is 13.5 Å². The largest absolute Gasteiger partial charge is 0.351 e. The van der Waals surface area contributed by atoms with E-state index >= 15 is 0 Å². The van der Waals surface area contributed by atoms with Crippen LogP contribution in [0.5, 0.6) is 0 Å². The van der Waals surface area contributed by atoms with Gasteiger partial charge in [0, 0.05) is 12.2 Å². The minimum Gasteiger partial charge on any atom is -0.351 e. The van der Waals surface area contributed by atoms with Crippen molar-refractivity contribution >= 4 is 17.5 Å². The fourth-order valence-electron chi connectivity index (χ4n) is 2.24. The number of amides is 2. The number of carbonyl (C=O) groups excluding carboxylic acids is 2. The highest BCUT2D eigenvalue weighted by Crippen LogP contribution is 2.08. The SMILES string of the molecule is Cc1ccc(NC(=O)CN(C)CC(=O)NCc2ccccc2)cc1. The molecule has 24 heavy (non-hydrogen) atoms. The number of likely N-dealkylation sites (N-methyl/N-ethyl adjacent to an activating group) is 1. The number of carbonyl (C=O) groups is 2. The van der Waals surface area contributed by atoms with Gasteiger partial charge in [-0.25, -0.2) is 0 Å². The van der Waals surface area contributed by atoms with Gasteiger partial charge in [-0.05, 0) is 31.7 Å². The fourth-order valence-corrected chi connectivity index (χ4v) is 2.24. The molecular weight excluding hydrogens is 302 g/mol. The lowest BCUT2D eigenvalue weighted by Crippen LogP contribution is -2.38. The monoisotopic (exact) mass is 325 g/mol. The van der Waals surface area contributed by atoms with Crippen LogP contribution in [0, 0.1) is 6.92 Å². The van der Waals surface area contributed by atoms with Gasteiger partial charge >= 0.3 is 0 Å². The van der Waals surface area contributed by atoms with E-state index in [9.17, 15) is 9.59 Å². The number of aryl methyl sites for hydroxylation is 1. The van der Waals surface area contributed by atoms with Crippen LogP contribution < -0.4 is 10.6 Å². The molecular formula is C19H23N3O2. The van der Waals surface area contributed by atoms with Crippen LogP contribution in [0.25, 0.3) is 0 Å². The fraction of sp³-hybridized carbons (Fsp3) is 0.263. The molecule has 0 unspecified atom stereocenters. The Kier molecular flexibility index (Phi) is 6.51. The lowest BCUT2D eigenvalue weighted by atomic mass is 10.2. The summed E-state index contributed by atoms with van der Waals surface area (Å²) in [6.07, 6.45) is 0. The molecule has 0 fully saturated rings. The average Bonchev–Trinajstić information content (AvgIpc) is 2.56. The number of hydrogen-bond donors (Lipinski definition) is 2. The molecule has 5 heteroatoms. The first-order chi connectivity index (χ1) is 11.5. The van der Waals surface area contributed by atoms with Crippen LogP contribution in [-0.4, -0.2) is 36.9 Å². The van der Waals surface area contributed by atoms with Crippen molar-refractivity contribution in [2.75, 3.05) is 25.5 Å². The van der Waals surface area contributed by atoms with E-state index in [1.165, 1.54) is 0 Å². The van der Waals surface area contributed by atoms with Crippen LogP contribution in [0.4, 0.5) is 5.69 Å². The predicted octanol–water partition coefficient (Wildman–Crippen LogP) is 2.18. The Hall–Kier alpha value is -2.66. The van der Waals surface area contributed by atoms with E-state index in [1.54, 1.807) is 11.9 Å². The Balaban J connectivity index is 1.71. The van der Waals surface area contributed by atoms with Crippen molar-refractivity contribution in [3.63, 3.8) is 0 Å². The highest BCUT2D eigenvalue weighted by Gasteiger charge is 2.10. The van der Waals surface area contributed by atoms with Gasteiger partial charge in [0.25, 0.3) is 0 Å². The van der Waals surface area contributed by atoms with Crippen molar-refractivity contribution in [1.82, 2.24) is 10.2 Å². The Bertz CT molecular complexity index is 669. The van der Waals surface area contributed by atoms with Crippen LogP contribution in [-0.2, 0) is 16.1 Å². The molecule has 0 aromatic heterocycles. The zero-order valence-electron chi connectivity index (χ0n) is 14.1. The van der Waals surface area contributed by atoms with Crippen LogP contribution in [0.2, 0.25) is 0 Å². The van der Waals surface area contributed by atoms with Crippen molar-refractivity contribution in [3.8, 4) is 0 Å². The summed E-state index contributed by atoms with van der Waals surface area (Å²) in [5.74, 6) is -0.248. The Morgan fingerprint density at radius 3 is 2.21 bits per heavy atom. The minimum atomic E-state index is -0.141. The van der Waals surface area contributed by atoms with E-state index in [1.807, 2.05) is 61.5 Å². The third kappa shape index (κ3) is 6.22. The second-order valence-electron chi connectivity index (χ2n) is 5.85. The quantitative estimate of drug-likeness (QED) is 0.820. The Morgan fingerprint density at radius 1 is 0.917 bits per heavy atom. The standard InChI is InChI=1S/C19H23N3O2/c1-15-8-10-17(11-9-15)21-19(24)14-22(2)13-18(23)20-12-16-6-4-3-5-7-16/h3-11H,12-14H2,1-2H3,(H,20,23)(H,21,24). The molecule has 0 radical (unpaired) electrons. The molecule has 2 amide bonds. The number of rotatable bonds is 7. The summed E-state index contributed by atoms with van der Waals surface area (Å²) in [4.78, 5) is 25.6. The lowest BCUT2D eigenvalue weighted by molar-refractivity contribution is -0.123. The van der Waals surface area contributed by atoms with Gasteiger partial charge in [0.2, 0.25) is 11.8 Å². The van der Waals surface area contributed by atoms with Crippen molar-refractivity contribution in [2.24, 2.45) is 0 Å². The second kappa shape index (κ2) is 8.84. The topological polar surface area (TPSA) is 61.4 Å². The van der Waals surface area contributed by atoms with Gasteiger partial charge in [0.15, 0.2) is 0 Å². The molecule has 0 aliphatic heterocycles. The first-order valence-corrected chi connectivity index (χ1v) is 7.88. The Labute approximate surface area is 142 Å². The smallest absolute Gasteiger partial charge is 0.238 e. The summed E-state index contributed by atoms with van der Waals surface area (Å²) in [7, 11) is 1.75. The maximum absolute atomic E-state index is 12.0. The minimum absolute atomic E-state index is 0.107. The molecule has 2 rings (SSSR count). The van der Waals surface area contributed by atoms with Crippen LogP contribution in [0.1, 0.15) is 11.1 Å². The van der Waals surface area contributed by atoms with Crippen LogP contribution in [0.15, 0.2) is 54.6 Å². The van der Waals surface area contributed by atoms with Gasteiger partial charge in [0.05, 0.1) is 13.1 Å². The van der Waals surface area contributed by atoms with Gasteiger partial charge in [-0.15, -0.1) is 0 Å². The van der Waals surface area contributed by atoms with E-state index in [-0.39, 0.29) is 24.9 Å². The molecule has 0 bridgehead atoms. The number of hydrogen-bond acceptors (Lipinski definition) is 3. The number of benzene rings is 2. The average molecular weight is 325 g/mol. The summed E-state index contributed by atoms with van der Waals surface area (Å²) < 4.78 is 0. The molecule has 126 valence electrons. The third-order valence-electron chi connectivity index (χ3n) is 3.49. The lowest BCUT2D eigenvalue weighted by Gasteiger charge is -2.16. The molecule has 5 nitrogen and oxygen atoms in total. The molecule has 0 aliphatic carbocycles. The maximum Gasteiger partial charge on any atom is 0.238 e. The molecule has 0 heterocycles. The summed E-state index contributed by atoms with van der Waals surface area (Å²) in [6.45, 7) is 2.82. The third-order valence-corrected chi connectivity index (χ3v) is 3.49. The van der Waals surface area contributed by atoms with E-state index in [4.69, 9.17) is 0 Å². The number of nitrogens with zero attached hydrogens (tertiary/aromatic N) is 1. The maximum atomic E-state index is 12.0. The van der Waals surface area contributed by atoms with Crippen molar-refractivity contribution in [1.29, 1.82) is 0 Å². The van der Waals surface area contributed by atoms with E-state index in [0.29, 0.717) is 6.54 Å². The van der Waals surface area contributed by atoms with Gasteiger partial charge < -0.3 is 10.6 Å².